The molecule has 1 N–H and O–H groups in total. The smallest absolute Gasteiger partial charge is 0.262 e. The molecule has 0 aliphatic rings. The van der Waals surface area contributed by atoms with Gasteiger partial charge in [0.05, 0.1) is 11.0 Å². The summed E-state index contributed by atoms with van der Waals surface area (Å²) < 4.78 is 20.5. The number of nitrogens with zero attached hydrogens (tertiary/aromatic N) is 2. The van der Waals surface area contributed by atoms with Gasteiger partial charge in [0.15, 0.2) is 6.61 Å². The maximum absolute atomic E-state index is 13.1. The zero-order chi connectivity index (χ0) is 19.5. The van der Waals surface area contributed by atoms with E-state index < -0.39 is 5.82 Å². The van der Waals surface area contributed by atoms with E-state index >= 15 is 0 Å². The Balaban J connectivity index is 1.42. The third kappa shape index (κ3) is 3.71. The average Bonchev–Trinajstić information content (AvgIpc) is 3.04. The summed E-state index contributed by atoms with van der Waals surface area (Å²) in [4.78, 5) is 16.7. The molecule has 0 atom stereocenters. The van der Waals surface area contributed by atoms with Gasteiger partial charge in [0.2, 0.25) is 0 Å². The van der Waals surface area contributed by atoms with E-state index in [2.05, 4.69) is 10.3 Å². The molecule has 0 radical (unpaired) electrons. The molecule has 0 saturated heterocycles. The second-order valence-corrected chi connectivity index (χ2v) is 6.35. The summed E-state index contributed by atoms with van der Waals surface area (Å²) >= 11 is 0. The molecule has 1 heterocycles. The lowest BCUT2D eigenvalue weighted by Gasteiger charge is -2.08. The fourth-order valence-corrected chi connectivity index (χ4v) is 3.01. The number of benzene rings is 3. The van der Waals surface area contributed by atoms with Crippen molar-refractivity contribution in [1.82, 2.24) is 9.55 Å². The molecule has 0 unspecified atom stereocenters. The van der Waals surface area contributed by atoms with Crippen molar-refractivity contribution in [3.05, 3.63) is 78.6 Å². The SMILES string of the molecule is Cn1c(-c2ccc(NC(=O)COc3cccc(F)c3)cc2)nc2ccccc21. The Kier molecular flexibility index (Phi) is 4.76. The molecule has 0 saturated carbocycles. The van der Waals surface area contributed by atoms with Crippen LogP contribution in [0.25, 0.3) is 22.4 Å². The first kappa shape index (κ1) is 17.7. The molecule has 0 aliphatic carbocycles. The van der Waals surface area contributed by atoms with Crippen LogP contribution in [0, 0.1) is 5.82 Å². The minimum absolute atomic E-state index is 0.198. The van der Waals surface area contributed by atoms with Gasteiger partial charge in [-0.15, -0.1) is 0 Å². The molecule has 4 rings (SSSR count). The standard InChI is InChI=1S/C22H18FN3O2/c1-26-20-8-3-2-7-19(20)25-22(26)15-9-11-17(12-10-15)24-21(27)14-28-18-6-4-5-16(23)13-18/h2-13H,14H2,1H3,(H,24,27). The second kappa shape index (κ2) is 7.52. The summed E-state index contributed by atoms with van der Waals surface area (Å²) in [6.45, 7) is -0.198. The van der Waals surface area contributed by atoms with Crippen molar-refractivity contribution in [3.8, 4) is 17.1 Å². The number of rotatable bonds is 5. The number of carbonyl (C=O) groups excluding carboxylic acids is 1. The number of anilines is 1. The molecule has 4 aromatic rings. The number of amides is 1. The molecule has 0 bridgehead atoms. The van der Waals surface area contributed by atoms with Crippen LogP contribution >= 0.6 is 0 Å². The number of fused-ring (bicyclic) bond motifs is 1. The Hall–Kier alpha value is -3.67. The van der Waals surface area contributed by atoms with Crippen LogP contribution in [0.1, 0.15) is 0 Å². The largest absolute Gasteiger partial charge is 0.484 e. The average molecular weight is 375 g/mol. The van der Waals surface area contributed by atoms with Crippen molar-refractivity contribution in [2.24, 2.45) is 7.05 Å². The number of imidazole rings is 1. The maximum atomic E-state index is 13.1. The van der Waals surface area contributed by atoms with Crippen LogP contribution in [0.4, 0.5) is 10.1 Å². The summed E-state index contributed by atoms with van der Waals surface area (Å²) in [7, 11) is 1.98. The number of nitrogens with one attached hydrogen (secondary N) is 1. The molecular weight excluding hydrogens is 357 g/mol. The summed E-state index contributed by atoms with van der Waals surface area (Å²) in [5, 5.41) is 2.76. The zero-order valence-electron chi connectivity index (χ0n) is 15.2. The van der Waals surface area contributed by atoms with Gasteiger partial charge in [-0.2, -0.15) is 0 Å². The highest BCUT2D eigenvalue weighted by atomic mass is 19.1. The van der Waals surface area contributed by atoms with Gasteiger partial charge in [0.1, 0.15) is 17.4 Å². The quantitative estimate of drug-likeness (QED) is 0.563. The summed E-state index contributed by atoms with van der Waals surface area (Å²) in [6, 6.07) is 21.1. The first-order chi connectivity index (χ1) is 13.6. The Morgan fingerprint density at radius 2 is 1.86 bits per heavy atom. The molecule has 6 heteroatoms. The highest BCUT2D eigenvalue weighted by Crippen LogP contribution is 2.24. The molecule has 140 valence electrons. The minimum Gasteiger partial charge on any atom is -0.484 e. The summed E-state index contributed by atoms with van der Waals surface area (Å²) in [6.07, 6.45) is 0. The van der Waals surface area contributed by atoms with Gasteiger partial charge in [0, 0.05) is 24.4 Å². The Labute approximate surface area is 161 Å². The predicted octanol–water partition coefficient (Wildman–Crippen LogP) is 4.40. The van der Waals surface area contributed by atoms with E-state index in [-0.39, 0.29) is 12.5 Å². The van der Waals surface area contributed by atoms with Crippen molar-refractivity contribution >= 4 is 22.6 Å². The number of ether oxygens (including phenoxy) is 1. The number of carbonyl (C=O) groups is 1. The number of aryl methyl sites for hydroxylation is 1. The van der Waals surface area contributed by atoms with Gasteiger partial charge in [-0.3, -0.25) is 4.79 Å². The number of para-hydroxylation sites is 2. The summed E-state index contributed by atoms with van der Waals surface area (Å²) in [5.74, 6) is 0.441. The van der Waals surface area contributed by atoms with Crippen LogP contribution in [-0.2, 0) is 11.8 Å². The van der Waals surface area contributed by atoms with Crippen LogP contribution in [0.3, 0.4) is 0 Å². The lowest BCUT2D eigenvalue weighted by molar-refractivity contribution is -0.118. The number of hydrogen-bond acceptors (Lipinski definition) is 3. The molecule has 0 spiro atoms. The van der Waals surface area contributed by atoms with E-state index in [1.54, 1.807) is 6.07 Å². The van der Waals surface area contributed by atoms with Crippen molar-refractivity contribution in [1.29, 1.82) is 0 Å². The molecule has 0 fully saturated rings. The molecule has 1 aromatic heterocycles. The fraction of sp³-hybridized carbons (Fsp3) is 0.0909. The second-order valence-electron chi connectivity index (χ2n) is 6.35. The first-order valence-electron chi connectivity index (χ1n) is 8.80. The van der Waals surface area contributed by atoms with Gasteiger partial charge in [-0.05, 0) is 48.5 Å². The maximum Gasteiger partial charge on any atom is 0.262 e. The van der Waals surface area contributed by atoms with Gasteiger partial charge < -0.3 is 14.6 Å². The van der Waals surface area contributed by atoms with E-state index in [1.807, 2.05) is 60.1 Å². The van der Waals surface area contributed by atoms with Gasteiger partial charge in [-0.25, -0.2) is 9.37 Å². The van der Waals surface area contributed by atoms with Crippen LogP contribution in [0.5, 0.6) is 5.75 Å². The van der Waals surface area contributed by atoms with Crippen molar-refractivity contribution in [2.75, 3.05) is 11.9 Å². The zero-order valence-corrected chi connectivity index (χ0v) is 15.2. The number of halogens is 1. The highest BCUT2D eigenvalue weighted by Gasteiger charge is 2.10. The predicted molar refractivity (Wildman–Crippen MR) is 107 cm³/mol. The molecule has 1 amide bonds. The van der Waals surface area contributed by atoms with E-state index in [9.17, 15) is 9.18 Å². The highest BCUT2D eigenvalue weighted by molar-refractivity contribution is 5.92. The Bertz CT molecular complexity index is 1140. The van der Waals surface area contributed by atoms with Crippen molar-refractivity contribution in [3.63, 3.8) is 0 Å². The Morgan fingerprint density at radius 3 is 2.61 bits per heavy atom. The van der Waals surface area contributed by atoms with Crippen LogP contribution in [-0.4, -0.2) is 22.1 Å². The van der Waals surface area contributed by atoms with Crippen LogP contribution < -0.4 is 10.1 Å². The topological polar surface area (TPSA) is 56.2 Å². The normalized spacial score (nSPS) is 10.8. The van der Waals surface area contributed by atoms with E-state index in [1.165, 1.54) is 18.2 Å². The molecule has 0 aliphatic heterocycles. The third-order valence-corrected chi connectivity index (χ3v) is 4.38. The number of hydrogen-bond donors (Lipinski definition) is 1. The lowest BCUT2D eigenvalue weighted by Crippen LogP contribution is -2.20. The third-order valence-electron chi connectivity index (χ3n) is 4.38. The first-order valence-corrected chi connectivity index (χ1v) is 8.80. The minimum atomic E-state index is -0.407. The van der Waals surface area contributed by atoms with Gasteiger partial charge in [-0.1, -0.05) is 18.2 Å². The molecule has 5 nitrogen and oxygen atoms in total. The lowest BCUT2D eigenvalue weighted by atomic mass is 10.2. The van der Waals surface area contributed by atoms with Crippen LogP contribution in [0.15, 0.2) is 72.8 Å². The van der Waals surface area contributed by atoms with Crippen LogP contribution in [0.2, 0.25) is 0 Å². The molecular formula is C22H18FN3O2. The Morgan fingerprint density at radius 1 is 1.07 bits per heavy atom. The van der Waals surface area contributed by atoms with Crippen molar-refractivity contribution < 1.29 is 13.9 Å². The molecule has 28 heavy (non-hydrogen) atoms. The van der Waals surface area contributed by atoms with Crippen molar-refractivity contribution in [2.45, 2.75) is 0 Å². The van der Waals surface area contributed by atoms with Gasteiger partial charge >= 0.3 is 0 Å². The van der Waals surface area contributed by atoms with E-state index in [0.29, 0.717) is 11.4 Å². The summed E-state index contributed by atoms with van der Waals surface area (Å²) in [5.41, 5.74) is 3.60. The molecule has 3 aromatic carbocycles. The van der Waals surface area contributed by atoms with Gasteiger partial charge in [0.25, 0.3) is 5.91 Å². The number of aromatic nitrogens is 2. The fourth-order valence-electron chi connectivity index (χ4n) is 3.01. The van der Waals surface area contributed by atoms with E-state index in [4.69, 9.17) is 4.74 Å². The monoisotopic (exact) mass is 375 g/mol. The van der Waals surface area contributed by atoms with E-state index in [0.717, 1.165) is 22.4 Å².